The van der Waals surface area contributed by atoms with Crippen LogP contribution < -0.4 is 26.1 Å². The number of amides is 1. The van der Waals surface area contributed by atoms with E-state index in [1.165, 1.54) is 13.4 Å². The molecule has 154 valence electrons. The summed E-state index contributed by atoms with van der Waals surface area (Å²) in [5, 5.41) is 0. The molecule has 2 aromatic carbocycles. The van der Waals surface area contributed by atoms with Crippen LogP contribution in [-0.2, 0) is 9.53 Å². The van der Waals surface area contributed by atoms with Crippen molar-refractivity contribution in [1.82, 2.24) is 15.4 Å². The summed E-state index contributed by atoms with van der Waals surface area (Å²) in [6.07, 6.45) is 1.23. The number of hydrogen-bond donors (Lipinski definition) is 3. The Kier molecular flexibility index (Phi) is 6.62. The molecule has 1 amide bonds. The van der Waals surface area contributed by atoms with Crippen LogP contribution in [0.2, 0.25) is 0 Å². The summed E-state index contributed by atoms with van der Waals surface area (Å²) in [5.41, 5.74) is 11.5. The van der Waals surface area contributed by atoms with Gasteiger partial charge in [-0.05, 0) is 36.4 Å². The number of nitrogens with two attached hydrogens (primary N) is 1. The Hall–Kier alpha value is -4.34. The van der Waals surface area contributed by atoms with Crippen molar-refractivity contribution in [2.24, 2.45) is 0 Å². The van der Waals surface area contributed by atoms with Crippen LogP contribution in [0.1, 0.15) is 10.4 Å². The fourth-order valence-electron chi connectivity index (χ4n) is 2.28. The van der Waals surface area contributed by atoms with Crippen LogP contribution in [0.15, 0.2) is 60.9 Å². The third-order valence-electron chi connectivity index (χ3n) is 3.77. The third kappa shape index (κ3) is 5.35. The maximum Gasteiger partial charge on any atom is 0.337 e. The van der Waals surface area contributed by atoms with E-state index in [0.717, 1.165) is 0 Å². The predicted octanol–water partition coefficient (Wildman–Crippen LogP) is 2.16. The van der Waals surface area contributed by atoms with Gasteiger partial charge in [0.25, 0.3) is 5.91 Å². The number of hydrogen-bond acceptors (Lipinski definition) is 9. The second-order valence-electron chi connectivity index (χ2n) is 5.83. The van der Waals surface area contributed by atoms with Gasteiger partial charge in [-0.3, -0.25) is 15.6 Å². The van der Waals surface area contributed by atoms with E-state index in [0.29, 0.717) is 17.1 Å². The fourth-order valence-corrected chi connectivity index (χ4v) is 2.28. The van der Waals surface area contributed by atoms with Crippen molar-refractivity contribution >= 4 is 23.4 Å². The average molecular weight is 409 g/mol. The number of esters is 1. The smallest absolute Gasteiger partial charge is 0.337 e. The lowest BCUT2D eigenvalue weighted by Crippen LogP contribution is -2.34. The molecule has 0 radical (unpaired) electrons. The predicted molar refractivity (Wildman–Crippen MR) is 108 cm³/mol. The van der Waals surface area contributed by atoms with Crippen LogP contribution in [0.4, 0.5) is 11.5 Å². The monoisotopic (exact) mass is 409 g/mol. The Morgan fingerprint density at radius 1 is 1.00 bits per heavy atom. The van der Waals surface area contributed by atoms with Gasteiger partial charge in [-0.2, -0.15) is 4.98 Å². The first kappa shape index (κ1) is 20.4. The molecule has 0 fully saturated rings. The number of hydrazine groups is 1. The second kappa shape index (κ2) is 9.73. The Bertz CT molecular complexity index is 1010. The number of carbonyl (C=O) groups is 2. The number of nitrogens with zero attached hydrogens (tertiary/aromatic N) is 2. The first-order valence-electron chi connectivity index (χ1n) is 8.76. The molecule has 0 saturated heterocycles. The van der Waals surface area contributed by atoms with Gasteiger partial charge in [0.15, 0.2) is 12.4 Å². The molecule has 0 aliphatic heterocycles. The van der Waals surface area contributed by atoms with Crippen molar-refractivity contribution < 1.29 is 23.8 Å². The van der Waals surface area contributed by atoms with E-state index in [4.69, 9.17) is 15.2 Å². The van der Waals surface area contributed by atoms with Crippen LogP contribution in [-0.4, -0.2) is 35.6 Å². The maximum atomic E-state index is 11.9. The summed E-state index contributed by atoms with van der Waals surface area (Å²) < 4.78 is 15.6. The fraction of sp³-hybridized carbons (Fsp3) is 0.100. The van der Waals surface area contributed by atoms with Crippen molar-refractivity contribution in [3.8, 4) is 17.4 Å². The molecule has 1 heterocycles. The Labute approximate surface area is 172 Å². The van der Waals surface area contributed by atoms with E-state index in [1.54, 1.807) is 48.5 Å². The highest BCUT2D eigenvalue weighted by molar-refractivity contribution is 5.89. The number of benzene rings is 2. The van der Waals surface area contributed by atoms with Gasteiger partial charge in [0.1, 0.15) is 23.5 Å². The molecule has 0 atom stereocenters. The summed E-state index contributed by atoms with van der Waals surface area (Å²) >= 11 is 0. The highest BCUT2D eigenvalue weighted by Gasteiger charge is 2.12. The highest BCUT2D eigenvalue weighted by Crippen LogP contribution is 2.29. The van der Waals surface area contributed by atoms with Gasteiger partial charge in [-0.25, -0.2) is 9.78 Å². The topological polar surface area (TPSA) is 138 Å². The summed E-state index contributed by atoms with van der Waals surface area (Å²) in [7, 11) is 1.30. The van der Waals surface area contributed by atoms with Gasteiger partial charge in [-0.1, -0.05) is 18.2 Å². The number of para-hydroxylation sites is 1. The molecule has 0 aliphatic rings. The molecule has 1 aromatic heterocycles. The Balaban J connectivity index is 1.57. The van der Waals surface area contributed by atoms with Crippen molar-refractivity contribution in [3.63, 3.8) is 0 Å². The zero-order chi connectivity index (χ0) is 21.3. The van der Waals surface area contributed by atoms with Crippen LogP contribution in [0.3, 0.4) is 0 Å². The molecule has 0 saturated carbocycles. The van der Waals surface area contributed by atoms with Crippen molar-refractivity contribution in [3.05, 3.63) is 66.5 Å². The minimum atomic E-state index is -0.457. The third-order valence-corrected chi connectivity index (χ3v) is 3.77. The summed E-state index contributed by atoms with van der Waals surface area (Å²) in [5.74, 6) is 0.314. The average Bonchev–Trinajstić information content (AvgIpc) is 2.79. The largest absolute Gasteiger partial charge is 0.484 e. The van der Waals surface area contributed by atoms with Gasteiger partial charge in [0.2, 0.25) is 5.88 Å². The SMILES string of the molecule is COC(=O)c1ccc(Oc2ncnc(NNC(=O)COc3ccccc3)c2N)cc1. The molecule has 10 nitrogen and oxygen atoms in total. The lowest BCUT2D eigenvalue weighted by molar-refractivity contribution is -0.122. The molecule has 10 heteroatoms. The van der Waals surface area contributed by atoms with Crippen LogP contribution >= 0.6 is 0 Å². The van der Waals surface area contributed by atoms with Gasteiger partial charge in [-0.15, -0.1) is 0 Å². The highest BCUT2D eigenvalue weighted by atomic mass is 16.5. The van der Waals surface area contributed by atoms with Crippen LogP contribution in [0.5, 0.6) is 17.4 Å². The molecule has 0 bridgehead atoms. The number of nitrogen functional groups attached to an aromatic ring is 1. The standard InChI is InChI=1S/C20H19N5O5/c1-28-20(27)13-7-9-15(10-8-13)30-19-17(21)18(22-12-23-19)25-24-16(26)11-29-14-5-3-2-4-6-14/h2-10,12H,11,21H2,1H3,(H,24,26)(H,22,23,25). The number of rotatable bonds is 8. The number of aromatic nitrogens is 2. The first-order chi connectivity index (χ1) is 14.6. The number of methoxy groups -OCH3 is 1. The van der Waals surface area contributed by atoms with Crippen molar-refractivity contribution in [1.29, 1.82) is 0 Å². The lowest BCUT2D eigenvalue weighted by Gasteiger charge is -2.13. The zero-order valence-corrected chi connectivity index (χ0v) is 16.0. The minimum absolute atomic E-state index is 0.0769. The van der Waals surface area contributed by atoms with E-state index < -0.39 is 11.9 Å². The molecule has 30 heavy (non-hydrogen) atoms. The summed E-state index contributed by atoms with van der Waals surface area (Å²) in [6, 6.07) is 15.2. The van der Waals surface area contributed by atoms with Gasteiger partial charge in [0, 0.05) is 0 Å². The van der Waals surface area contributed by atoms with E-state index in [1.807, 2.05) is 6.07 Å². The molecule has 3 rings (SSSR count). The lowest BCUT2D eigenvalue weighted by atomic mass is 10.2. The summed E-state index contributed by atoms with van der Waals surface area (Å²) in [6.45, 7) is -0.197. The van der Waals surface area contributed by atoms with E-state index >= 15 is 0 Å². The Morgan fingerprint density at radius 3 is 2.43 bits per heavy atom. The van der Waals surface area contributed by atoms with Gasteiger partial charge in [0.05, 0.1) is 12.7 Å². The van der Waals surface area contributed by atoms with Crippen molar-refractivity contribution in [2.45, 2.75) is 0 Å². The normalized spacial score (nSPS) is 10.0. The molecule has 3 aromatic rings. The summed E-state index contributed by atoms with van der Waals surface area (Å²) in [4.78, 5) is 31.4. The molecule has 4 N–H and O–H groups in total. The Morgan fingerprint density at radius 2 is 1.73 bits per heavy atom. The van der Waals surface area contributed by atoms with Crippen LogP contribution in [0.25, 0.3) is 0 Å². The minimum Gasteiger partial charge on any atom is -0.484 e. The quantitative estimate of drug-likeness (QED) is 0.377. The number of carbonyl (C=O) groups excluding carboxylic acids is 2. The van der Waals surface area contributed by atoms with Crippen LogP contribution in [0, 0.1) is 0 Å². The van der Waals surface area contributed by atoms with Crippen molar-refractivity contribution in [2.75, 3.05) is 24.9 Å². The molecule has 0 aliphatic carbocycles. The van der Waals surface area contributed by atoms with E-state index in [2.05, 4.69) is 25.6 Å². The molecular formula is C20H19N5O5. The first-order valence-corrected chi connectivity index (χ1v) is 8.76. The number of anilines is 2. The van der Waals surface area contributed by atoms with E-state index in [-0.39, 0.29) is 24.0 Å². The zero-order valence-electron chi connectivity index (χ0n) is 16.0. The maximum absolute atomic E-state index is 11.9. The number of ether oxygens (including phenoxy) is 3. The molecule has 0 unspecified atom stereocenters. The number of nitrogens with one attached hydrogen (secondary N) is 2. The molecule has 0 spiro atoms. The van der Waals surface area contributed by atoms with E-state index in [9.17, 15) is 9.59 Å². The van der Waals surface area contributed by atoms with Gasteiger partial charge >= 0.3 is 5.97 Å². The molecular weight excluding hydrogens is 390 g/mol. The second-order valence-corrected chi connectivity index (χ2v) is 5.83. The van der Waals surface area contributed by atoms with Gasteiger partial charge < -0.3 is 19.9 Å².